The summed E-state index contributed by atoms with van der Waals surface area (Å²) in [6.07, 6.45) is 0.211. The number of amides is 3. The Hall–Kier alpha value is -2.48. The summed E-state index contributed by atoms with van der Waals surface area (Å²) in [6, 6.07) is 2.77. The number of nitrogens with one attached hydrogen (secondary N) is 2. The van der Waals surface area contributed by atoms with Gasteiger partial charge in [0.1, 0.15) is 0 Å². The summed E-state index contributed by atoms with van der Waals surface area (Å²) in [7, 11) is 0. The monoisotopic (exact) mass is 282 g/mol. The van der Waals surface area contributed by atoms with Gasteiger partial charge in [-0.3, -0.25) is 4.79 Å². The quantitative estimate of drug-likeness (QED) is 0.284. The maximum Gasteiger partial charge on any atom is 0.312 e. The van der Waals surface area contributed by atoms with Gasteiger partial charge >= 0.3 is 6.03 Å². The Bertz CT molecular complexity index is 492. The number of carbonyl (C=O) groups is 2. The van der Waals surface area contributed by atoms with Crippen LogP contribution in [0.5, 0.6) is 11.5 Å². The van der Waals surface area contributed by atoms with Gasteiger partial charge in [0, 0.05) is 13.1 Å². The minimum absolute atomic E-state index is 0.211. The first-order chi connectivity index (χ1) is 9.40. The number of nitrogens with two attached hydrogens (primary N) is 2. The van der Waals surface area contributed by atoms with E-state index in [4.69, 9.17) is 16.6 Å². The minimum Gasteiger partial charge on any atom is -0.504 e. The molecule has 8 N–H and O–H groups in total. The normalized spacial score (nSPS) is 11.7. The predicted molar refractivity (Wildman–Crippen MR) is 72.0 cm³/mol. The Morgan fingerprint density at radius 2 is 1.80 bits per heavy atom. The number of benzene rings is 1. The number of primary amides is 1. The molecule has 0 aliphatic heterocycles. The van der Waals surface area contributed by atoms with Crippen molar-refractivity contribution >= 4 is 11.9 Å². The van der Waals surface area contributed by atoms with Crippen LogP contribution in [0.2, 0.25) is 0 Å². The van der Waals surface area contributed by atoms with Gasteiger partial charge in [0.2, 0.25) is 5.91 Å². The standard InChI is InChI=1S/C12H18N4O4/c13-8(11(19)15-3-4-16-12(14)20)5-7-1-2-9(17)10(18)6-7/h1-2,6,8,17-18H,3-5,13H2,(H,15,19)(H3,14,16,20)/t8-/m0/s1. The van der Waals surface area contributed by atoms with Crippen molar-refractivity contribution in [3.05, 3.63) is 23.8 Å². The molecule has 1 aromatic carbocycles. The summed E-state index contributed by atoms with van der Waals surface area (Å²) < 4.78 is 0. The number of urea groups is 1. The van der Waals surface area contributed by atoms with E-state index in [-0.39, 0.29) is 36.9 Å². The average molecular weight is 282 g/mol. The highest BCUT2D eigenvalue weighted by molar-refractivity contribution is 5.81. The van der Waals surface area contributed by atoms with Gasteiger partial charge in [-0.15, -0.1) is 0 Å². The molecule has 3 amide bonds. The first kappa shape index (κ1) is 15.6. The number of carbonyl (C=O) groups excluding carboxylic acids is 2. The molecule has 0 aliphatic rings. The van der Waals surface area contributed by atoms with E-state index in [0.717, 1.165) is 0 Å². The summed E-state index contributed by atoms with van der Waals surface area (Å²) in [5, 5.41) is 23.4. The van der Waals surface area contributed by atoms with Gasteiger partial charge in [-0.1, -0.05) is 6.07 Å². The van der Waals surface area contributed by atoms with Crippen LogP contribution in [0, 0.1) is 0 Å². The van der Waals surface area contributed by atoms with Crippen LogP contribution in [0.15, 0.2) is 18.2 Å². The molecule has 0 saturated heterocycles. The number of aromatic hydroxyl groups is 2. The topological polar surface area (TPSA) is 151 Å². The average Bonchev–Trinajstić information content (AvgIpc) is 2.38. The van der Waals surface area contributed by atoms with E-state index in [0.29, 0.717) is 5.56 Å². The Morgan fingerprint density at radius 3 is 2.40 bits per heavy atom. The van der Waals surface area contributed by atoms with Gasteiger partial charge in [-0.25, -0.2) is 4.79 Å². The molecular weight excluding hydrogens is 264 g/mol. The van der Waals surface area contributed by atoms with Crippen molar-refractivity contribution in [3.63, 3.8) is 0 Å². The SMILES string of the molecule is NC(=O)NCCNC(=O)[C@@H](N)Cc1ccc(O)c(O)c1. The van der Waals surface area contributed by atoms with Crippen LogP contribution in [0.25, 0.3) is 0 Å². The van der Waals surface area contributed by atoms with Crippen molar-refractivity contribution in [3.8, 4) is 11.5 Å². The minimum atomic E-state index is -0.799. The van der Waals surface area contributed by atoms with Crippen LogP contribution < -0.4 is 22.1 Å². The maximum absolute atomic E-state index is 11.7. The summed E-state index contributed by atoms with van der Waals surface area (Å²) in [5.41, 5.74) is 11.2. The van der Waals surface area contributed by atoms with E-state index in [1.165, 1.54) is 12.1 Å². The van der Waals surface area contributed by atoms with E-state index in [2.05, 4.69) is 10.6 Å². The van der Waals surface area contributed by atoms with Crippen LogP contribution >= 0.6 is 0 Å². The number of hydrogen-bond acceptors (Lipinski definition) is 5. The molecule has 0 bridgehead atoms. The maximum atomic E-state index is 11.7. The molecule has 20 heavy (non-hydrogen) atoms. The molecule has 8 heteroatoms. The second kappa shape index (κ2) is 7.19. The number of phenols is 2. The molecule has 0 saturated carbocycles. The van der Waals surface area contributed by atoms with Gasteiger partial charge < -0.3 is 32.3 Å². The molecule has 8 nitrogen and oxygen atoms in total. The molecule has 0 spiro atoms. The molecule has 1 atom stereocenters. The molecule has 0 aliphatic carbocycles. The van der Waals surface area contributed by atoms with Crippen LogP contribution in [0.1, 0.15) is 5.56 Å². The van der Waals surface area contributed by atoms with Gasteiger partial charge in [0.25, 0.3) is 0 Å². The molecule has 0 unspecified atom stereocenters. The lowest BCUT2D eigenvalue weighted by Gasteiger charge is -2.12. The highest BCUT2D eigenvalue weighted by Crippen LogP contribution is 2.25. The third-order valence-corrected chi connectivity index (χ3v) is 2.56. The van der Waals surface area contributed by atoms with Crippen molar-refractivity contribution in [2.45, 2.75) is 12.5 Å². The van der Waals surface area contributed by atoms with Crippen molar-refractivity contribution in [2.24, 2.45) is 11.5 Å². The molecule has 0 aromatic heterocycles. The Kier molecular flexibility index (Phi) is 5.60. The molecule has 1 aromatic rings. The van der Waals surface area contributed by atoms with Gasteiger partial charge in [0.15, 0.2) is 11.5 Å². The van der Waals surface area contributed by atoms with Crippen LogP contribution in [0.3, 0.4) is 0 Å². The Balaban J connectivity index is 2.41. The third kappa shape index (κ3) is 5.02. The second-order valence-electron chi connectivity index (χ2n) is 4.22. The van der Waals surface area contributed by atoms with Crippen LogP contribution in [0.4, 0.5) is 4.79 Å². The lowest BCUT2D eigenvalue weighted by molar-refractivity contribution is -0.122. The van der Waals surface area contributed by atoms with E-state index in [1.54, 1.807) is 6.07 Å². The Labute approximate surface area is 115 Å². The van der Waals surface area contributed by atoms with Crippen LogP contribution in [-0.4, -0.2) is 41.3 Å². The second-order valence-corrected chi connectivity index (χ2v) is 4.22. The molecule has 110 valence electrons. The fourth-order valence-corrected chi connectivity index (χ4v) is 1.55. The smallest absolute Gasteiger partial charge is 0.312 e. The molecule has 0 radical (unpaired) electrons. The zero-order valence-corrected chi connectivity index (χ0v) is 10.8. The molecule has 0 fully saturated rings. The van der Waals surface area contributed by atoms with Crippen molar-refractivity contribution in [1.29, 1.82) is 0 Å². The Morgan fingerprint density at radius 1 is 1.15 bits per heavy atom. The number of rotatable bonds is 6. The zero-order chi connectivity index (χ0) is 15.1. The summed E-state index contributed by atoms with van der Waals surface area (Å²) >= 11 is 0. The predicted octanol–water partition coefficient (Wildman–Crippen LogP) is -1.25. The van der Waals surface area contributed by atoms with Gasteiger partial charge in [-0.2, -0.15) is 0 Å². The van der Waals surface area contributed by atoms with Gasteiger partial charge in [0.05, 0.1) is 6.04 Å². The third-order valence-electron chi connectivity index (χ3n) is 2.56. The molecule has 1 rings (SSSR count). The summed E-state index contributed by atoms with van der Waals surface area (Å²) in [4.78, 5) is 22.1. The fraction of sp³-hybridized carbons (Fsp3) is 0.333. The van der Waals surface area contributed by atoms with E-state index < -0.39 is 12.1 Å². The molecule has 0 heterocycles. The largest absolute Gasteiger partial charge is 0.504 e. The van der Waals surface area contributed by atoms with E-state index in [1.807, 2.05) is 0 Å². The highest BCUT2D eigenvalue weighted by atomic mass is 16.3. The van der Waals surface area contributed by atoms with E-state index >= 15 is 0 Å². The molecular formula is C12H18N4O4. The summed E-state index contributed by atoms with van der Waals surface area (Å²) in [5.74, 6) is -0.881. The first-order valence-corrected chi connectivity index (χ1v) is 5.97. The number of hydrogen-bond donors (Lipinski definition) is 6. The van der Waals surface area contributed by atoms with Crippen molar-refractivity contribution in [2.75, 3.05) is 13.1 Å². The fourth-order valence-electron chi connectivity index (χ4n) is 1.55. The first-order valence-electron chi connectivity index (χ1n) is 5.97. The van der Waals surface area contributed by atoms with E-state index in [9.17, 15) is 14.7 Å². The lowest BCUT2D eigenvalue weighted by atomic mass is 10.1. The van der Waals surface area contributed by atoms with Crippen LogP contribution in [-0.2, 0) is 11.2 Å². The zero-order valence-electron chi connectivity index (χ0n) is 10.8. The number of phenolic OH excluding ortho intramolecular Hbond substituents is 2. The summed E-state index contributed by atoms with van der Waals surface area (Å²) in [6.45, 7) is 0.435. The van der Waals surface area contributed by atoms with Gasteiger partial charge in [-0.05, 0) is 24.1 Å². The lowest BCUT2D eigenvalue weighted by Crippen LogP contribution is -2.45. The van der Waals surface area contributed by atoms with Crippen molar-refractivity contribution < 1.29 is 19.8 Å². The highest BCUT2D eigenvalue weighted by Gasteiger charge is 2.14. The van der Waals surface area contributed by atoms with Crippen molar-refractivity contribution in [1.82, 2.24) is 10.6 Å².